The molecule has 0 saturated carbocycles. The lowest BCUT2D eigenvalue weighted by Gasteiger charge is -2.15. The fourth-order valence-electron chi connectivity index (χ4n) is 3.09. The molecule has 25 heavy (non-hydrogen) atoms. The SMILES string of the molecule is CCCCCc1cc(-c2ccc(Cl)cc2Cl)c(C)cc1-c1cn[nH]n1. The van der Waals surface area contributed by atoms with Crippen molar-refractivity contribution in [2.75, 3.05) is 0 Å². The lowest BCUT2D eigenvalue weighted by atomic mass is 9.91. The smallest absolute Gasteiger partial charge is 0.113 e. The first-order chi connectivity index (χ1) is 12.1. The molecule has 2 aromatic carbocycles. The molecule has 0 radical (unpaired) electrons. The second-order valence-corrected chi connectivity index (χ2v) is 7.10. The van der Waals surface area contributed by atoms with E-state index in [1.165, 1.54) is 18.4 Å². The number of benzene rings is 2. The van der Waals surface area contributed by atoms with Crippen LogP contribution in [0, 0.1) is 6.92 Å². The molecule has 0 spiro atoms. The van der Waals surface area contributed by atoms with Gasteiger partial charge >= 0.3 is 0 Å². The van der Waals surface area contributed by atoms with E-state index in [0.29, 0.717) is 10.0 Å². The number of unbranched alkanes of at least 4 members (excludes halogenated alkanes) is 2. The molecule has 3 rings (SSSR count). The fraction of sp³-hybridized carbons (Fsp3) is 0.300. The van der Waals surface area contributed by atoms with Crippen molar-refractivity contribution in [1.29, 1.82) is 0 Å². The van der Waals surface area contributed by atoms with E-state index in [1.807, 2.05) is 12.1 Å². The average molecular weight is 374 g/mol. The van der Waals surface area contributed by atoms with Crippen LogP contribution in [0.1, 0.15) is 37.3 Å². The fourth-order valence-corrected chi connectivity index (χ4v) is 3.60. The molecule has 0 atom stereocenters. The van der Waals surface area contributed by atoms with Gasteiger partial charge in [-0.05, 0) is 54.7 Å². The maximum Gasteiger partial charge on any atom is 0.113 e. The summed E-state index contributed by atoms with van der Waals surface area (Å²) in [4.78, 5) is 0. The summed E-state index contributed by atoms with van der Waals surface area (Å²) in [6.45, 7) is 4.31. The molecule has 0 unspecified atom stereocenters. The molecular weight excluding hydrogens is 353 g/mol. The third-order valence-electron chi connectivity index (χ3n) is 4.41. The van der Waals surface area contributed by atoms with Crippen molar-refractivity contribution in [1.82, 2.24) is 15.4 Å². The second-order valence-electron chi connectivity index (χ2n) is 6.26. The number of aromatic nitrogens is 3. The number of rotatable bonds is 6. The molecule has 1 heterocycles. The van der Waals surface area contributed by atoms with E-state index in [2.05, 4.69) is 41.4 Å². The highest BCUT2D eigenvalue weighted by molar-refractivity contribution is 6.36. The van der Waals surface area contributed by atoms with Gasteiger partial charge < -0.3 is 0 Å². The normalized spacial score (nSPS) is 11.0. The van der Waals surface area contributed by atoms with E-state index < -0.39 is 0 Å². The quantitative estimate of drug-likeness (QED) is 0.501. The number of hydrogen-bond acceptors (Lipinski definition) is 2. The van der Waals surface area contributed by atoms with Crippen LogP contribution in [0.15, 0.2) is 36.5 Å². The lowest BCUT2D eigenvalue weighted by Crippen LogP contribution is -1.96. The Kier molecular flexibility index (Phi) is 5.77. The van der Waals surface area contributed by atoms with Gasteiger partial charge in [0.25, 0.3) is 0 Å². The predicted molar refractivity (Wildman–Crippen MR) is 105 cm³/mol. The highest BCUT2D eigenvalue weighted by atomic mass is 35.5. The summed E-state index contributed by atoms with van der Waals surface area (Å²) in [5.74, 6) is 0. The van der Waals surface area contributed by atoms with Crippen LogP contribution < -0.4 is 0 Å². The summed E-state index contributed by atoms with van der Waals surface area (Å²) in [6, 6.07) is 10.1. The first-order valence-corrected chi connectivity index (χ1v) is 9.30. The van der Waals surface area contributed by atoms with Crippen molar-refractivity contribution >= 4 is 23.2 Å². The summed E-state index contributed by atoms with van der Waals surface area (Å²) in [5, 5.41) is 12.3. The highest BCUT2D eigenvalue weighted by Gasteiger charge is 2.14. The van der Waals surface area contributed by atoms with Crippen molar-refractivity contribution in [2.45, 2.75) is 39.5 Å². The molecule has 0 fully saturated rings. The van der Waals surface area contributed by atoms with Crippen molar-refractivity contribution in [3.63, 3.8) is 0 Å². The Morgan fingerprint density at radius 2 is 1.84 bits per heavy atom. The topological polar surface area (TPSA) is 41.6 Å². The van der Waals surface area contributed by atoms with Gasteiger partial charge in [-0.1, -0.05) is 55.1 Å². The number of H-pyrrole nitrogens is 1. The highest BCUT2D eigenvalue weighted by Crippen LogP contribution is 2.36. The molecule has 0 aliphatic heterocycles. The minimum Gasteiger partial charge on any atom is -0.197 e. The summed E-state index contributed by atoms with van der Waals surface area (Å²) in [5.41, 5.74) is 6.59. The predicted octanol–water partition coefficient (Wildman–Crippen LogP) is 6.49. The number of aryl methyl sites for hydroxylation is 2. The molecule has 0 amide bonds. The van der Waals surface area contributed by atoms with Gasteiger partial charge in [0, 0.05) is 21.2 Å². The zero-order chi connectivity index (χ0) is 17.8. The van der Waals surface area contributed by atoms with Gasteiger partial charge in [0.05, 0.1) is 6.20 Å². The lowest BCUT2D eigenvalue weighted by molar-refractivity contribution is 0.718. The number of hydrogen-bond donors (Lipinski definition) is 1. The molecular formula is C20H21Cl2N3. The first kappa shape index (κ1) is 18.0. The summed E-state index contributed by atoms with van der Waals surface area (Å²) >= 11 is 12.5. The summed E-state index contributed by atoms with van der Waals surface area (Å²) in [6.07, 6.45) is 6.34. The molecule has 0 saturated heterocycles. The van der Waals surface area contributed by atoms with Crippen LogP contribution in [0.2, 0.25) is 10.0 Å². The van der Waals surface area contributed by atoms with E-state index in [9.17, 15) is 0 Å². The molecule has 3 nitrogen and oxygen atoms in total. The van der Waals surface area contributed by atoms with E-state index >= 15 is 0 Å². The molecule has 0 bridgehead atoms. The summed E-state index contributed by atoms with van der Waals surface area (Å²) in [7, 11) is 0. The molecule has 130 valence electrons. The van der Waals surface area contributed by atoms with Crippen LogP contribution >= 0.6 is 23.2 Å². The molecule has 1 aromatic heterocycles. The van der Waals surface area contributed by atoms with Gasteiger partial charge in [0.2, 0.25) is 0 Å². The maximum absolute atomic E-state index is 6.44. The number of nitrogens with zero attached hydrogens (tertiary/aromatic N) is 2. The largest absolute Gasteiger partial charge is 0.197 e. The van der Waals surface area contributed by atoms with Crippen molar-refractivity contribution < 1.29 is 0 Å². The van der Waals surface area contributed by atoms with Gasteiger partial charge in [0.15, 0.2) is 0 Å². The van der Waals surface area contributed by atoms with E-state index in [-0.39, 0.29) is 0 Å². The van der Waals surface area contributed by atoms with Gasteiger partial charge in [-0.3, -0.25) is 0 Å². The summed E-state index contributed by atoms with van der Waals surface area (Å²) < 4.78 is 0. The molecule has 1 N–H and O–H groups in total. The Bertz CT molecular complexity index is 858. The molecule has 0 aliphatic rings. The first-order valence-electron chi connectivity index (χ1n) is 8.55. The van der Waals surface area contributed by atoms with Gasteiger partial charge in [-0.2, -0.15) is 15.4 Å². The number of aromatic amines is 1. The second kappa shape index (κ2) is 8.03. The molecule has 3 aromatic rings. The number of nitrogens with one attached hydrogen (secondary N) is 1. The van der Waals surface area contributed by atoms with Crippen molar-refractivity contribution in [3.8, 4) is 22.4 Å². The third kappa shape index (κ3) is 4.05. The monoisotopic (exact) mass is 373 g/mol. The maximum atomic E-state index is 6.44. The third-order valence-corrected chi connectivity index (χ3v) is 4.96. The Morgan fingerprint density at radius 1 is 1.00 bits per heavy atom. The van der Waals surface area contributed by atoms with Crippen LogP contribution in [0.4, 0.5) is 0 Å². The van der Waals surface area contributed by atoms with Crippen molar-refractivity contribution in [3.05, 3.63) is 57.7 Å². The molecule has 0 aliphatic carbocycles. The Balaban J connectivity index is 2.09. The Hall–Kier alpha value is -1.84. The average Bonchev–Trinajstić information content (AvgIpc) is 3.11. The Morgan fingerprint density at radius 3 is 2.52 bits per heavy atom. The Labute approximate surface area is 158 Å². The van der Waals surface area contributed by atoms with E-state index in [4.69, 9.17) is 23.2 Å². The zero-order valence-electron chi connectivity index (χ0n) is 14.4. The van der Waals surface area contributed by atoms with Crippen LogP contribution in [0.5, 0.6) is 0 Å². The van der Waals surface area contributed by atoms with Gasteiger partial charge in [0.1, 0.15) is 5.69 Å². The van der Waals surface area contributed by atoms with E-state index in [1.54, 1.807) is 12.3 Å². The zero-order valence-corrected chi connectivity index (χ0v) is 16.0. The van der Waals surface area contributed by atoms with Crippen LogP contribution in [0.25, 0.3) is 22.4 Å². The molecule has 5 heteroatoms. The standard InChI is InChI=1S/C20H21Cl2N3/c1-3-4-5-6-14-10-17(16-8-7-15(21)11-19(16)22)13(2)9-18(14)20-12-23-25-24-20/h7-12H,3-6H2,1-2H3,(H,23,24,25). The minimum absolute atomic E-state index is 0.647. The number of halogens is 2. The van der Waals surface area contributed by atoms with Gasteiger partial charge in [-0.25, -0.2) is 0 Å². The van der Waals surface area contributed by atoms with Crippen LogP contribution in [-0.4, -0.2) is 15.4 Å². The van der Waals surface area contributed by atoms with Crippen LogP contribution in [-0.2, 0) is 6.42 Å². The van der Waals surface area contributed by atoms with Crippen molar-refractivity contribution in [2.24, 2.45) is 0 Å². The van der Waals surface area contributed by atoms with Gasteiger partial charge in [-0.15, -0.1) is 0 Å². The minimum atomic E-state index is 0.647. The van der Waals surface area contributed by atoms with Crippen LogP contribution in [0.3, 0.4) is 0 Å². The van der Waals surface area contributed by atoms with E-state index in [0.717, 1.165) is 40.8 Å².